The summed E-state index contributed by atoms with van der Waals surface area (Å²) in [6, 6.07) is 8.34. The third-order valence-electron chi connectivity index (χ3n) is 6.31. The summed E-state index contributed by atoms with van der Waals surface area (Å²) < 4.78 is 5.29. The minimum atomic E-state index is -0.484. The first kappa shape index (κ1) is 18.1. The molecule has 7 heteroatoms. The summed E-state index contributed by atoms with van der Waals surface area (Å²) >= 11 is 0. The molecule has 1 N–H and O–H groups in total. The van der Waals surface area contributed by atoms with Gasteiger partial charge < -0.3 is 14.4 Å². The van der Waals surface area contributed by atoms with E-state index >= 15 is 0 Å². The second kappa shape index (κ2) is 6.73. The Balaban J connectivity index is 1.59. The van der Waals surface area contributed by atoms with Crippen LogP contribution in [0.1, 0.15) is 53.5 Å². The van der Waals surface area contributed by atoms with Gasteiger partial charge in [-0.15, -0.1) is 10.2 Å². The largest absolute Gasteiger partial charge is 0.417 e. The first-order valence-electron chi connectivity index (χ1n) is 9.55. The molecule has 0 unspecified atom stereocenters. The van der Waals surface area contributed by atoms with Crippen molar-refractivity contribution < 1.29 is 14.3 Å². The molecule has 1 aliphatic carbocycles. The lowest BCUT2D eigenvalue weighted by Crippen LogP contribution is -2.50. The molecule has 2 atom stereocenters. The summed E-state index contributed by atoms with van der Waals surface area (Å²) in [7, 11) is 2.06. The van der Waals surface area contributed by atoms with E-state index in [4.69, 9.17) is 4.42 Å². The van der Waals surface area contributed by atoms with Crippen LogP contribution in [0.2, 0.25) is 0 Å². The number of likely N-dealkylation sites (tertiary alicyclic amines) is 1. The predicted octanol–water partition coefficient (Wildman–Crippen LogP) is 1.92. The highest BCUT2D eigenvalue weighted by atomic mass is 16.4. The van der Waals surface area contributed by atoms with E-state index in [-0.39, 0.29) is 23.3 Å². The second-order valence-electron chi connectivity index (χ2n) is 7.62. The number of amides is 1. The lowest BCUT2D eigenvalue weighted by Gasteiger charge is -2.43. The van der Waals surface area contributed by atoms with Crippen LogP contribution >= 0.6 is 0 Å². The molecule has 0 radical (unpaired) electrons. The Kier molecular flexibility index (Phi) is 4.52. The molecule has 1 fully saturated rings. The van der Waals surface area contributed by atoms with Gasteiger partial charge in [-0.1, -0.05) is 31.2 Å². The third kappa shape index (κ3) is 2.76. The molecule has 0 saturated carbocycles. The number of rotatable bonds is 3. The Bertz CT molecular complexity index is 841. The topological polar surface area (TPSA) is 82.7 Å². The van der Waals surface area contributed by atoms with Crippen molar-refractivity contribution in [2.24, 2.45) is 0 Å². The van der Waals surface area contributed by atoms with Gasteiger partial charge in [-0.3, -0.25) is 9.69 Å². The maximum atomic E-state index is 12.6. The minimum absolute atomic E-state index is 0.00737. The van der Waals surface area contributed by atoms with Gasteiger partial charge in [0.2, 0.25) is 5.89 Å². The standard InChI is InChI=1S/C20H26N4O3/c1-4-23(3)16-14-7-5-6-8-15(14)20(17(16)25)9-11-24(12-10-20)19(26)18-22-21-13(2)27-18/h5-8,16-17,25H,4,9-12H2,1-3H3/t16-,17+/m1/s1. The van der Waals surface area contributed by atoms with Gasteiger partial charge in [-0.2, -0.15) is 0 Å². The van der Waals surface area contributed by atoms with Crippen LogP contribution in [0.3, 0.4) is 0 Å². The summed E-state index contributed by atoms with van der Waals surface area (Å²) in [6.45, 7) is 5.77. The van der Waals surface area contributed by atoms with Crippen LogP contribution < -0.4 is 0 Å². The Morgan fingerprint density at radius 3 is 2.67 bits per heavy atom. The molecule has 1 aromatic heterocycles. The van der Waals surface area contributed by atoms with Crippen molar-refractivity contribution in [3.05, 3.63) is 47.2 Å². The number of aryl methyl sites for hydroxylation is 1. The van der Waals surface area contributed by atoms with Crippen LogP contribution in [0.5, 0.6) is 0 Å². The fraction of sp³-hybridized carbons (Fsp3) is 0.550. The number of likely N-dealkylation sites (N-methyl/N-ethyl adjacent to an activating group) is 1. The maximum Gasteiger partial charge on any atom is 0.311 e. The SMILES string of the molecule is CCN(C)[C@@H]1c2ccccc2C2(CCN(C(=O)c3nnc(C)o3)CC2)[C@H]1O. The highest BCUT2D eigenvalue weighted by molar-refractivity contribution is 5.89. The van der Waals surface area contributed by atoms with E-state index in [2.05, 4.69) is 41.2 Å². The Labute approximate surface area is 159 Å². The zero-order chi connectivity index (χ0) is 19.2. The number of benzene rings is 1. The molecule has 1 aliphatic heterocycles. The monoisotopic (exact) mass is 370 g/mol. The Morgan fingerprint density at radius 2 is 2.04 bits per heavy atom. The van der Waals surface area contributed by atoms with Crippen molar-refractivity contribution in [2.45, 2.75) is 44.2 Å². The van der Waals surface area contributed by atoms with E-state index in [0.29, 0.717) is 19.0 Å². The van der Waals surface area contributed by atoms with Gasteiger partial charge in [0.25, 0.3) is 0 Å². The van der Waals surface area contributed by atoms with Gasteiger partial charge in [0.1, 0.15) is 0 Å². The average Bonchev–Trinajstić information content (AvgIpc) is 3.22. The highest BCUT2D eigenvalue weighted by Gasteiger charge is 2.53. The summed E-state index contributed by atoms with van der Waals surface area (Å²) in [6.07, 6.45) is 0.957. The van der Waals surface area contributed by atoms with Gasteiger partial charge in [-0.25, -0.2) is 0 Å². The van der Waals surface area contributed by atoms with Gasteiger partial charge in [0, 0.05) is 25.4 Å². The number of carbonyl (C=O) groups excluding carboxylic acids is 1. The summed E-state index contributed by atoms with van der Waals surface area (Å²) in [5.74, 6) is 0.199. The first-order chi connectivity index (χ1) is 13.0. The second-order valence-corrected chi connectivity index (χ2v) is 7.62. The van der Waals surface area contributed by atoms with Crippen LogP contribution in [-0.4, -0.2) is 63.8 Å². The number of hydrogen-bond acceptors (Lipinski definition) is 6. The van der Waals surface area contributed by atoms with Crippen LogP contribution in [0.25, 0.3) is 0 Å². The van der Waals surface area contributed by atoms with Gasteiger partial charge >= 0.3 is 11.8 Å². The first-order valence-corrected chi connectivity index (χ1v) is 9.55. The number of aromatic nitrogens is 2. The summed E-state index contributed by atoms with van der Waals surface area (Å²) in [5, 5.41) is 18.9. The predicted molar refractivity (Wildman–Crippen MR) is 99.3 cm³/mol. The van der Waals surface area contributed by atoms with Crippen LogP contribution in [0.15, 0.2) is 28.7 Å². The quantitative estimate of drug-likeness (QED) is 0.889. The van der Waals surface area contributed by atoms with Crippen LogP contribution in [0, 0.1) is 6.92 Å². The molecule has 1 spiro atoms. The lowest BCUT2D eigenvalue weighted by atomic mass is 9.72. The number of aliphatic hydroxyl groups is 1. The van der Waals surface area contributed by atoms with Gasteiger partial charge in [0.15, 0.2) is 0 Å². The fourth-order valence-electron chi connectivity index (χ4n) is 4.71. The lowest BCUT2D eigenvalue weighted by molar-refractivity contribution is -0.00649. The number of nitrogens with zero attached hydrogens (tertiary/aromatic N) is 4. The molecular weight excluding hydrogens is 344 g/mol. The van der Waals surface area contributed by atoms with E-state index in [1.807, 2.05) is 12.1 Å². The Hall–Kier alpha value is -2.25. The van der Waals surface area contributed by atoms with Crippen molar-refractivity contribution in [2.75, 3.05) is 26.7 Å². The zero-order valence-electron chi connectivity index (χ0n) is 16.1. The molecule has 144 valence electrons. The molecule has 2 heterocycles. The molecule has 4 rings (SSSR count). The van der Waals surface area contributed by atoms with Gasteiger partial charge in [0.05, 0.1) is 12.1 Å². The molecule has 1 aromatic carbocycles. The van der Waals surface area contributed by atoms with Crippen molar-refractivity contribution >= 4 is 5.91 Å². The van der Waals surface area contributed by atoms with E-state index in [1.54, 1.807) is 11.8 Å². The van der Waals surface area contributed by atoms with Crippen LogP contribution in [0.4, 0.5) is 0 Å². The highest BCUT2D eigenvalue weighted by Crippen LogP contribution is 2.52. The number of carbonyl (C=O) groups is 1. The van der Waals surface area contributed by atoms with E-state index in [9.17, 15) is 9.90 Å². The molecule has 2 aromatic rings. The van der Waals surface area contributed by atoms with E-state index in [1.165, 1.54) is 11.1 Å². The summed E-state index contributed by atoms with van der Waals surface area (Å²) in [5.41, 5.74) is 2.12. The van der Waals surface area contributed by atoms with Crippen molar-refractivity contribution in [1.29, 1.82) is 0 Å². The van der Waals surface area contributed by atoms with E-state index in [0.717, 1.165) is 19.4 Å². The fourth-order valence-corrected chi connectivity index (χ4v) is 4.71. The molecule has 7 nitrogen and oxygen atoms in total. The zero-order valence-corrected chi connectivity index (χ0v) is 16.1. The Morgan fingerprint density at radius 1 is 1.33 bits per heavy atom. The van der Waals surface area contributed by atoms with Crippen molar-refractivity contribution in [3.63, 3.8) is 0 Å². The van der Waals surface area contributed by atoms with Crippen molar-refractivity contribution in [3.8, 4) is 0 Å². The van der Waals surface area contributed by atoms with Crippen molar-refractivity contribution in [1.82, 2.24) is 20.0 Å². The minimum Gasteiger partial charge on any atom is -0.417 e. The number of aliphatic hydroxyl groups excluding tert-OH is 1. The molecular formula is C20H26N4O3. The number of fused-ring (bicyclic) bond motifs is 2. The summed E-state index contributed by atoms with van der Waals surface area (Å²) in [4.78, 5) is 16.6. The molecule has 1 saturated heterocycles. The maximum absolute atomic E-state index is 12.6. The third-order valence-corrected chi connectivity index (χ3v) is 6.31. The smallest absolute Gasteiger partial charge is 0.311 e. The van der Waals surface area contributed by atoms with E-state index < -0.39 is 6.10 Å². The number of piperidine rings is 1. The molecule has 27 heavy (non-hydrogen) atoms. The molecule has 2 aliphatic rings. The normalized spacial score (nSPS) is 23.8. The molecule has 0 bridgehead atoms. The number of hydrogen-bond donors (Lipinski definition) is 1. The van der Waals surface area contributed by atoms with Crippen LogP contribution in [-0.2, 0) is 5.41 Å². The van der Waals surface area contributed by atoms with Gasteiger partial charge in [-0.05, 0) is 37.6 Å². The average molecular weight is 370 g/mol. The molecule has 1 amide bonds.